The Kier molecular flexibility index (Phi) is 7.12. The summed E-state index contributed by atoms with van der Waals surface area (Å²) in [6.45, 7) is 10.5. The van der Waals surface area contributed by atoms with Gasteiger partial charge in [0.05, 0.1) is 0 Å². The van der Waals surface area contributed by atoms with Gasteiger partial charge in [-0.15, -0.1) is 13.2 Å². The summed E-state index contributed by atoms with van der Waals surface area (Å²) >= 11 is 5.30. The minimum absolute atomic E-state index is 0.173. The first-order valence-electron chi connectivity index (χ1n) is 8.20. The van der Waals surface area contributed by atoms with E-state index in [0.717, 1.165) is 11.3 Å². The third-order valence-corrected chi connectivity index (χ3v) is 4.01. The lowest BCUT2D eigenvalue weighted by Gasteiger charge is -2.21. The SMILES string of the molecule is C=CCN(CC=C)C(=S)Oc1ccc(C(=O)Nc2ccccc2C)cc1. The maximum atomic E-state index is 12.4. The Hall–Kier alpha value is -2.92. The van der Waals surface area contributed by atoms with Gasteiger partial charge in [-0.05, 0) is 55.0 Å². The molecule has 0 aromatic heterocycles. The van der Waals surface area contributed by atoms with Crippen molar-refractivity contribution in [3.8, 4) is 5.75 Å². The Morgan fingerprint density at radius 1 is 1.12 bits per heavy atom. The molecular weight excluding hydrogens is 344 g/mol. The predicted octanol–water partition coefficient (Wildman–Crippen LogP) is 4.59. The molecule has 0 saturated carbocycles. The summed E-state index contributed by atoms with van der Waals surface area (Å²) in [5, 5.41) is 3.24. The zero-order valence-electron chi connectivity index (χ0n) is 14.8. The summed E-state index contributed by atoms with van der Waals surface area (Å²) < 4.78 is 5.68. The van der Waals surface area contributed by atoms with Crippen LogP contribution in [0.1, 0.15) is 15.9 Å². The molecule has 5 heteroatoms. The number of thiocarbonyl (C=S) groups is 1. The zero-order chi connectivity index (χ0) is 18.9. The van der Waals surface area contributed by atoms with Crippen molar-refractivity contribution in [3.63, 3.8) is 0 Å². The standard InChI is InChI=1S/C21H22N2O2S/c1-4-14-23(15-5-2)21(26)25-18-12-10-17(11-13-18)20(24)22-19-9-7-6-8-16(19)3/h4-13H,1-2,14-15H2,3H3,(H,22,24). The fourth-order valence-electron chi connectivity index (χ4n) is 2.28. The van der Waals surface area contributed by atoms with Gasteiger partial charge in [-0.1, -0.05) is 30.4 Å². The first-order chi connectivity index (χ1) is 12.5. The molecule has 134 valence electrons. The number of hydrogen-bond acceptors (Lipinski definition) is 3. The molecule has 0 heterocycles. The van der Waals surface area contributed by atoms with E-state index >= 15 is 0 Å². The van der Waals surface area contributed by atoms with Crippen molar-refractivity contribution in [2.45, 2.75) is 6.92 Å². The fraction of sp³-hybridized carbons (Fsp3) is 0.143. The number of hydrogen-bond donors (Lipinski definition) is 1. The van der Waals surface area contributed by atoms with Gasteiger partial charge in [0.15, 0.2) is 0 Å². The van der Waals surface area contributed by atoms with Crippen LogP contribution in [0.15, 0.2) is 73.8 Å². The van der Waals surface area contributed by atoms with E-state index in [1.165, 1.54) is 0 Å². The highest BCUT2D eigenvalue weighted by atomic mass is 32.1. The van der Waals surface area contributed by atoms with Gasteiger partial charge in [0.2, 0.25) is 0 Å². The molecule has 0 aliphatic carbocycles. The van der Waals surface area contributed by atoms with Crippen LogP contribution in [0.4, 0.5) is 5.69 Å². The van der Waals surface area contributed by atoms with Crippen molar-refractivity contribution in [1.82, 2.24) is 4.90 Å². The second-order valence-corrected chi connectivity index (χ2v) is 5.99. The van der Waals surface area contributed by atoms with Gasteiger partial charge < -0.3 is 15.0 Å². The molecule has 0 spiro atoms. The average Bonchev–Trinajstić information content (AvgIpc) is 2.64. The molecule has 0 fully saturated rings. The van der Waals surface area contributed by atoms with Crippen LogP contribution in [0, 0.1) is 6.92 Å². The minimum Gasteiger partial charge on any atom is -0.432 e. The Morgan fingerprint density at radius 3 is 2.31 bits per heavy atom. The summed E-state index contributed by atoms with van der Waals surface area (Å²) in [4.78, 5) is 14.2. The summed E-state index contributed by atoms with van der Waals surface area (Å²) in [6.07, 6.45) is 3.50. The van der Waals surface area contributed by atoms with Gasteiger partial charge in [0, 0.05) is 24.3 Å². The molecule has 2 aromatic carbocycles. The number of anilines is 1. The van der Waals surface area contributed by atoms with Crippen LogP contribution in [0.25, 0.3) is 0 Å². The smallest absolute Gasteiger partial charge is 0.265 e. The molecule has 2 rings (SSSR count). The molecule has 0 aliphatic heterocycles. The molecule has 1 amide bonds. The van der Waals surface area contributed by atoms with E-state index < -0.39 is 0 Å². The molecule has 0 atom stereocenters. The number of carbonyl (C=O) groups is 1. The highest BCUT2D eigenvalue weighted by molar-refractivity contribution is 7.80. The number of rotatable bonds is 7. The van der Waals surface area contributed by atoms with E-state index in [2.05, 4.69) is 18.5 Å². The highest BCUT2D eigenvalue weighted by Crippen LogP contribution is 2.17. The van der Waals surface area contributed by atoms with E-state index in [0.29, 0.717) is 29.6 Å². The van der Waals surface area contributed by atoms with E-state index in [4.69, 9.17) is 17.0 Å². The maximum absolute atomic E-state index is 12.4. The van der Waals surface area contributed by atoms with Crippen LogP contribution >= 0.6 is 12.2 Å². The summed E-state index contributed by atoms with van der Waals surface area (Å²) in [5.41, 5.74) is 2.35. The number of carbonyl (C=O) groups excluding carboxylic acids is 1. The molecule has 4 nitrogen and oxygen atoms in total. The Balaban J connectivity index is 2.02. The van der Waals surface area contributed by atoms with Crippen LogP contribution < -0.4 is 10.1 Å². The van der Waals surface area contributed by atoms with Gasteiger partial charge in [-0.3, -0.25) is 4.79 Å². The van der Waals surface area contributed by atoms with Crippen molar-refractivity contribution in [1.29, 1.82) is 0 Å². The average molecular weight is 366 g/mol. The Bertz CT molecular complexity index is 790. The second-order valence-electron chi connectivity index (χ2n) is 5.64. The second kappa shape index (κ2) is 9.53. The predicted molar refractivity (Wildman–Crippen MR) is 111 cm³/mol. The van der Waals surface area contributed by atoms with Gasteiger partial charge in [-0.2, -0.15) is 0 Å². The van der Waals surface area contributed by atoms with Gasteiger partial charge in [0.1, 0.15) is 5.75 Å². The number of nitrogens with zero attached hydrogens (tertiary/aromatic N) is 1. The summed E-state index contributed by atoms with van der Waals surface area (Å²) in [6, 6.07) is 14.5. The Labute approximate surface area is 159 Å². The van der Waals surface area contributed by atoms with Crippen LogP contribution in [-0.2, 0) is 0 Å². The molecular formula is C21H22N2O2S. The lowest BCUT2D eigenvalue weighted by Crippen LogP contribution is -2.33. The van der Waals surface area contributed by atoms with Gasteiger partial charge in [0.25, 0.3) is 11.1 Å². The van der Waals surface area contributed by atoms with E-state index in [1.807, 2.05) is 36.1 Å². The third-order valence-electron chi connectivity index (χ3n) is 3.67. The van der Waals surface area contributed by atoms with Gasteiger partial charge >= 0.3 is 0 Å². The molecule has 0 radical (unpaired) electrons. The van der Waals surface area contributed by atoms with E-state index in [1.54, 1.807) is 36.4 Å². The molecule has 0 unspecified atom stereocenters. The number of para-hydroxylation sites is 1. The summed E-state index contributed by atoms with van der Waals surface area (Å²) in [7, 11) is 0. The molecule has 1 N–H and O–H groups in total. The van der Waals surface area contributed by atoms with Crippen LogP contribution in [0.3, 0.4) is 0 Å². The van der Waals surface area contributed by atoms with E-state index in [9.17, 15) is 4.79 Å². The molecule has 2 aromatic rings. The van der Waals surface area contributed by atoms with Crippen molar-refractivity contribution in [2.75, 3.05) is 18.4 Å². The first-order valence-corrected chi connectivity index (χ1v) is 8.61. The number of benzene rings is 2. The zero-order valence-corrected chi connectivity index (χ0v) is 15.6. The van der Waals surface area contributed by atoms with Crippen LogP contribution in [0.5, 0.6) is 5.75 Å². The quantitative estimate of drug-likeness (QED) is 0.575. The molecule has 0 bridgehead atoms. The lowest BCUT2D eigenvalue weighted by atomic mass is 10.1. The number of ether oxygens (including phenoxy) is 1. The molecule has 0 aliphatic rings. The van der Waals surface area contributed by atoms with Crippen molar-refractivity contribution >= 4 is 29.0 Å². The van der Waals surface area contributed by atoms with Gasteiger partial charge in [-0.25, -0.2) is 0 Å². The maximum Gasteiger partial charge on any atom is 0.265 e. The van der Waals surface area contributed by atoms with Crippen molar-refractivity contribution in [3.05, 3.63) is 85.0 Å². The normalized spacial score (nSPS) is 9.88. The number of amides is 1. The molecule has 0 saturated heterocycles. The fourth-order valence-corrected chi connectivity index (χ4v) is 2.53. The monoisotopic (exact) mass is 366 g/mol. The first kappa shape index (κ1) is 19.4. The highest BCUT2D eigenvalue weighted by Gasteiger charge is 2.11. The Morgan fingerprint density at radius 2 is 1.73 bits per heavy atom. The lowest BCUT2D eigenvalue weighted by molar-refractivity contribution is 0.102. The topological polar surface area (TPSA) is 41.6 Å². The van der Waals surface area contributed by atoms with E-state index in [-0.39, 0.29) is 5.91 Å². The van der Waals surface area contributed by atoms with Crippen molar-refractivity contribution < 1.29 is 9.53 Å². The minimum atomic E-state index is -0.173. The molecule has 26 heavy (non-hydrogen) atoms. The van der Waals surface area contributed by atoms with Crippen LogP contribution in [-0.4, -0.2) is 29.1 Å². The van der Waals surface area contributed by atoms with Crippen molar-refractivity contribution in [2.24, 2.45) is 0 Å². The number of nitrogens with one attached hydrogen (secondary N) is 1. The summed E-state index contributed by atoms with van der Waals surface area (Å²) in [5.74, 6) is 0.397. The van der Waals surface area contributed by atoms with Crippen LogP contribution in [0.2, 0.25) is 0 Å². The largest absolute Gasteiger partial charge is 0.432 e. The third kappa shape index (κ3) is 5.29. The number of aryl methyl sites for hydroxylation is 1.